The van der Waals surface area contributed by atoms with E-state index in [9.17, 15) is 38.9 Å². The van der Waals surface area contributed by atoms with Crippen LogP contribution >= 0.6 is 11.6 Å². The van der Waals surface area contributed by atoms with Crippen molar-refractivity contribution in [3.63, 3.8) is 0 Å². The van der Waals surface area contributed by atoms with Crippen LogP contribution < -0.4 is 15.4 Å². The molecule has 6 aromatic rings. The standard InChI is InChI=1S/C33H26ClN9O10S3/c1-18-13-19(9-11-26(18)43-42-22-15-25-24(30(17-22)56(50,51)52)7-4-8-29(25)55(47,48)49)35-32-37-31(34)38-33(39-32)36-27-12-10-21(16-28(27)53-2)41-40-20-5-3-6-23(14-20)54(44,45)46/h3-17H,1-2H3,(H,44,45,46)(H,47,48,49)(H,50,51,52)(H2,35,36,37,38,39)/b41-40+,43-42+. The van der Waals surface area contributed by atoms with E-state index in [0.29, 0.717) is 34.1 Å². The number of ether oxygens (including phenoxy) is 1. The summed E-state index contributed by atoms with van der Waals surface area (Å²) < 4.78 is 105. The largest absolute Gasteiger partial charge is 0.494 e. The molecule has 288 valence electrons. The van der Waals surface area contributed by atoms with Gasteiger partial charge in [0.15, 0.2) is 0 Å². The highest BCUT2D eigenvalue weighted by atomic mass is 35.5. The van der Waals surface area contributed by atoms with Crippen molar-refractivity contribution in [2.24, 2.45) is 20.5 Å². The summed E-state index contributed by atoms with van der Waals surface area (Å²) in [7, 11) is -12.6. The van der Waals surface area contributed by atoms with E-state index in [-0.39, 0.29) is 44.2 Å². The monoisotopic (exact) mass is 839 g/mol. The number of rotatable bonds is 12. The lowest BCUT2D eigenvalue weighted by Gasteiger charge is -2.12. The number of aryl methyl sites for hydroxylation is 1. The molecular formula is C33H26ClN9O10S3. The van der Waals surface area contributed by atoms with Gasteiger partial charge in [0.25, 0.3) is 30.4 Å². The first-order valence-corrected chi connectivity index (χ1v) is 20.2. The van der Waals surface area contributed by atoms with Crippen LogP contribution in [0.3, 0.4) is 0 Å². The van der Waals surface area contributed by atoms with Gasteiger partial charge >= 0.3 is 0 Å². The maximum Gasteiger partial charge on any atom is 0.295 e. The molecule has 0 spiro atoms. The van der Waals surface area contributed by atoms with Crippen LogP contribution in [0.5, 0.6) is 5.75 Å². The molecule has 6 rings (SSSR count). The SMILES string of the molecule is COc1cc(/N=N/c2cccc(S(=O)(=O)O)c2)ccc1Nc1nc(Cl)nc(Nc2ccc(/N=N/c3cc(S(=O)(=O)O)c4cccc(S(=O)(=O)O)c4c3)c(C)c2)n1. The minimum Gasteiger partial charge on any atom is -0.494 e. The van der Waals surface area contributed by atoms with E-state index in [0.717, 1.165) is 18.2 Å². The first-order valence-electron chi connectivity index (χ1n) is 15.5. The maximum atomic E-state index is 12.2. The van der Waals surface area contributed by atoms with Crippen molar-refractivity contribution in [1.29, 1.82) is 0 Å². The molecule has 5 aromatic carbocycles. The van der Waals surface area contributed by atoms with Crippen LogP contribution in [0.25, 0.3) is 10.8 Å². The van der Waals surface area contributed by atoms with Crippen molar-refractivity contribution < 1.29 is 43.6 Å². The van der Waals surface area contributed by atoms with Gasteiger partial charge in [0, 0.05) is 22.5 Å². The molecule has 0 radical (unpaired) electrons. The third kappa shape index (κ3) is 9.43. The second-order valence-corrected chi connectivity index (χ2v) is 16.0. The Morgan fingerprint density at radius 3 is 1.95 bits per heavy atom. The molecule has 19 nitrogen and oxygen atoms in total. The highest BCUT2D eigenvalue weighted by molar-refractivity contribution is 7.86. The molecule has 5 N–H and O–H groups in total. The summed E-state index contributed by atoms with van der Waals surface area (Å²) in [5.74, 6) is 0.416. The number of anilines is 4. The fourth-order valence-electron chi connectivity index (χ4n) is 5.14. The van der Waals surface area contributed by atoms with E-state index in [1.807, 2.05) is 0 Å². The van der Waals surface area contributed by atoms with Crippen LogP contribution in [0, 0.1) is 6.92 Å². The Labute approximate surface area is 323 Å². The molecule has 1 aromatic heterocycles. The highest BCUT2D eigenvalue weighted by Gasteiger charge is 2.21. The van der Waals surface area contributed by atoms with E-state index in [4.69, 9.17) is 16.3 Å². The van der Waals surface area contributed by atoms with E-state index >= 15 is 0 Å². The molecule has 56 heavy (non-hydrogen) atoms. The van der Waals surface area contributed by atoms with Gasteiger partial charge in [-0.1, -0.05) is 18.2 Å². The van der Waals surface area contributed by atoms with Crippen LogP contribution in [-0.2, 0) is 30.4 Å². The third-order valence-corrected chi connectivity index (χ3v) is 10.4. The summed E-state index contributed by atoms with van der Waals surface area (Å²) >= 11 is 6.20. The Kier molecular flexibility index (Phi) is 11.1. The van der Waals surface area contributed by atoms with Crippen molar-refractivity contribution in [2.45, 2.75) is 21.6 Å². The molecule has 0 bridgehead atoms. The second-order valence-electron chi connectivity index (χ2n) is 11.5. The maximum absolute atomic E-state index is 12.2. The average Bonchev–Trinajstić information content (AvgIpc) is 3.12. The van der Waals surface area contributed by atoms with Crippen molar-refractivity contribution >= 4 is 98.7 Å². The molecule has 0 unspecified atom stereocenters. The normalized spacial score (nSPS) is 12.4. The lowest BCUT2D eigenvalue weighted by Crippen LogP contribution is -2.04. The fourth-order valence-corrected chi connectivity index (χ4v) is 7.24. The number of halogens is 1. The number of hydrogen-bond donors (Lipinski definition) is 5. The molecular weight excluding hydrogens is 814 g/mol. The lowest BCUT2D eigenvalue weighted by molar-refractivity contribution is 0.417. The van der Waals surface area contributed by atoms with Gasteiger partial charge in [-0.2, -0.15) is 60.7 Å². The van der Waals surface area contributed by atoms with Crippen LogP contribution in [0.4, 0.5) is 46.0 Å². The number of methoxy groups -OCH3 is 1. The zero-order valence-corrected chi connectivity index (χ0v) is 31.8. The minimum atomic E-state index is -4.84. The molecule has 23 heteroatoms. The highest BCUT2D eigenvalue weighted by Crippen LogP contribution is 2.35. The van der Waals surface area contributed by atoms with Crippen LogP contribution in [0.1, 0.15) is 5.56 Å². The Morgan fingerprint density at radius 2 is 1.29 bits per heavy atom. The van der Waals surface area contributed by atoms with E-state index in [2.05, 4.69) is 46.0 Å². The quantitative estimate of drug-likeness (QED) is 0.0575. The molecule has 0 saturated carbocycles. The number of nitrogens with zero attached hydrogens (tertiary/aromatic N) is 7. The first kappa shape index (κ1) is 39.7. The zero-order valence-electron chi connectivity index (χ0n) is 28.6. The Balaban J connectivity index is 1.20. The number of fused-ring (bicyclic) bond motifs is 1. The van der Waals surface area contributed by atoms with E-state index in [1.165, 1.54) is 43.5 Å². The third-order valence-electron chi connectivity index (χ3n) is 7.62. The average molecular weight is 840 g/mol. The molecule has 0 aliphatic heterocycles. The van der Waals surface area contributed by atoms with Gasteiger partial charge < -0.3 is 15.4 Å². The van der Waals surface area contributed by atoms with Crippen molar-refractivity contribution in [1.82, 2.24) is 15.0 Å². The van der Waals surface area contributed by atoms with Gasteiger partial charge in [-0.05, 0) is 90.8 Å². The number of aromatic nitrogens is 3. The van der Waals surface area contributed by atoms with Crippen LogP contribution in [-0.4, -0.2) is 61.0 Å². The number of hydrogen-bond acceptors (Lipinski definition) is 16. The zero-order chi connectivity index (χ0) is 40.4. The summed E-state index contributed by atoms with van der Waals surface area (Å²) in [4.78, 5) is 11.1. The predicted molar refractivity (Wildman–Crippen MR) is 204 cm³/mol. The van der Waals surface area contributed by atoms with Crippen LogP contribution in [0.15, 0.2) is 126 Å². The van der Waals surface area contributed by atoms with E-state index in [1.54, 1.807) is 43.3 Å². The molecule has 0 saturated heterocycles. The molecule has 0 fully saturated rings. The smallest absolute Gasteiger partial charge is 0.295 e. The summed E-state index contributed by atoms with van der Waals surface area (Å²) in [5, 5.41) is 21.9. The van der Waals surface area contributed by atoms with E-state index < -0.39 is 40.1 Å². The second kappa shape index (κ2) is 15.6. The Morgan fingerprint density at radius 1 is 0.625 bits per heavy atom. The predicted octanol–water partition coefficient (Wildman–Crippen LogP) is 8.05. The molecule has 0 aliphatic carbocycles. The van der Waals surface area contributed by atoms with Crippen LogP contribution in [0.2, 0.25) is 5.28 Å². The van der Waals surface area contributed by atoms with Gasteiger partial charge in [-0.3, -0.25) is 13.7 Å². The summed E-state index contributed by atoms with van der Waals surface area (Å²) in [5.41, 5.74) is 2.26. The lowest BCUT2D eigenvalue weighted by atomic mass is 10.1. The summed E-state index contributed by atoms with van der Waals surface area (Å²) in [6.45, 7) is 1.71. The van der Waals surface area contributed by atoms with Gasteiger partial charge in [0.2, 0.25) is 17.2 Å². The molecule has 0 atom stereocenters. The number of benzene rings is 5. The minimum absolute atomic E-state index is 0.0427. The molecule has 0 amide bonds. The summed E-state index contributed by atoms with van der Waals surface area (Å²) in [6.07, 6.45) is 0. The van der Waals surface area contributed by atoms with Gasteiger partial charge in [0.05, 0.1) is 40.4 Å². The topological polar surface area (TPSA) is 285 Å². The van der Waals surface area contributed by atoms with Gasteiger partial charge in [0.1, 0.15) is 15.5 Å². The van der Waals surface area contributed by atoms with Crippen molar-refractivity contribution in [3.05, 3.63) is 102 Å². The van der Waals surface area contributed by atoms with Crippen molar-refractivity contribution in [2.75, 3.05) is 17.7 Å². The molecule has 0 aliphatic rings. The van der Waals surface area contributed by atoms with Gasteiger partial charge in [-0.15, -0.1) is 0 Å². The number of azo groups is 2. The Bertz CT molecular complexity index is 2930. The fraction of sp³-hybridized carbons (Fsp3) is 0.0606. The van der Waals surface area contributed by atoms with Gasteiger partial charge in [-0.25, -0.2) is 0 Å². The van der Waals surface area contributed by atoms with Crippen molar-refractivity contribution in [3.8, 4) is 5.75 Å². The molecule has 1 heterocycles. The number of nitrogens with one attached hydrogen (secondary N) is 2. The summed E-state index contributed by atoms with van der Waals surface area (Å²) in [6, 6.07) is 20.7. The first-order chi connectivity index (χ1) is 26.4. The Hall–Kier alpha value is -6.01.